The summed E-state index contributed by atoms with van der Waals surface area (Å²) in [4.78, 5) is 12.2. The van der Waals surface area contributed by atoms with Gasteiger partial charge in [-0.05, 0) is 37.8 Å². The van der Waals surface area contributed by atoms with Crippen LogP contribution in [0.15, 0.2) is 43.0 Å². The number of carbonyl (C=O) groups excluding carboxylic acids is 1. The van der Waals surface area contributed by atoms with E-state index in [4.69, 9.17) is 10.5 Å². The van der Waals surface area contributed by atoms with Gasteiger partial charge in [-0.15, -0.1) is 6.58 Å². The largest absolute Gasteiger partial charge is 0.459 e. The van der Waals surface area contributed by atoms with Gasteiger partial charge >= 0.3 is 5.97 Å². The van der Waals surface area contributed by atoms with Gasteiger partial charge in [0.1, 0.15) is 12.1 Å². The first kappa shape index (κ1) is 17.4. The van der Waals surface area contributed by atoms with Gasteiger partial charge < -0.3 is 16.2 Å². The molecule has 0 aromatic heterocycles. The molecule has 1 aromatic rings. The molecule has 116 valence electrons. The van der Waals surface area contributed by atoms with E-state index in [1.54, 1.807) is 0 Å². The van der Waals surface area contributed by atoms with Crippen molar-refractivity contribution in [2.75, 3.05) is 7.05 Å². The van der Waals surface area contributed by atoms with Crippen LogP contribution in [0.5, 0.6) is 0 Å². The number of ether oxygens (including phenoxy) is 1. The molecule has 21 heavy (non-hydrogen) atoms. The minimum Gasteiger partial charge on any atom is -0.459 e. The highest BCUT2D eigenvalue weighted by Gasteiger charge is 2.46. The third kappa shape index (κ3) is 4.41. The molecule has 1 fully saturated rings. The molecule has 0 spiro atoms. The maximum atomic E-state index is 12.2. The van der Waals surface area contributed by atoms with Crippen molar-refractivity contribution in [3.63, 3.8) is 0 Å². The molecule has 2 unspecified atom stereocenters. The third-order valence-electron chi connectivity index (χ3n) is 3.92. The van der Waals surface area contributed by atoms with Crippen molar-refractivity contribution in [2.24, 2.45) is 17.4 Å². The predicted molar refractivity (Wildman–Crippen MR) is 85.4 cm³/mol. The van der Waals surface area contributed by atoms with Gasteiger partial charge in [-0.25, -0.2) is 0 Å². The Morgan fingerprint density at radius 2 is 2.10 bits per heavy atom. The van der Waals surface area contributed by atoms with Gasteiger partial charge in [0.25, 0.3) is 0 Å². The Morgan fingerprint density at radius 1 is 1.43 bits per heavy atom. The summed E-state index contributed by atoms with van der Waals surface area (Å²) in [5.41, 5.74) is 10.9. The minimum atomic E-state index is -0.830. The zero-order chi connectivity index (χ0) is 15.7. The van der Waals surface area contributed by atoms with E-state index in [2.05, 4.69) is 12.3 Å². The molecule has 4 N–H and O–H groups in total. The van der Waals surface area contributed by atoms with Crippen LogP contribution in [-0.4, -0.2) is 18.6 Å². The highest BCUT2D eigenvalue weighted by Crippen LogP contribution is 2.37. The van der Waals surface area contributed by atoms with Crippen LogP contribution < -0.4 is 11.5 Å². The van der Waals surface area contributed by atoms with Crippen LogP contribution in [-0.2, 0) is 16.1 Å². The molecule has 4 nitrogen and oxygen atoms in total. The molecule has 1 aliphatic rings. The molecule has 1 aliphatic carbocycles. The van der Waals surface area contributed by atoms with E-state index < -0.39 is 5.54 Å². The molecule has 1 saturated carbocycles. The highest BCUT2D eigenvalue weighted by molar-refractivity contribution is 5.81. The first-order chi connectivity index (χ1) is 10.2. The van der Waals surface area contributed by atoms with Crippen LogP contribution in [0.2, 0.25) is 0 Å². The maximum absolute atomic E-state index is 12.2. The molecule has 2 rings (SSSR count). The van der Waals surface area contributed by atoms with Crippen LogP contribution in [0.4, 0.5) is 0 Å². The number of hydrogen-bond donors (Lipinski definition) is 2. The Morgan fingerprint density at radius 3 is 2.71 bits per heavy atom. The Labute approximate surface area is 127 Å². The van der Waals surface area contributed by atoms with Crippen molar-refractivity contribution in [3.8, 4) is 0 Å². The highest BCUT2D eigenvalue weighted by atomic mass is 16.5. The number of esters is 1. The van der Waals surface area contributed by atoms with E-state index in [1.807, 2.05) is 36.4 Å². The van der Waals surface area contributed by atoms with Crippen LogP contribution in [0.3, 0.4) is 0 Å². The summed E-state index contributed by atoms with van der Waals surface area (Å²) in [6, 6.07) is 9.67. The molecule has 2 atom stereocenters. The number of carbonyl (C=O) groups is 1. The van der Waals surface area contributed by atoms with Crippen LogP contribution in [0.1, 0.15) is 31.2 Å². The average Bonchev–Trinajstić information content (AvgIpc) is 2.91. The number of nitrogens with two attached hydrogens (primary N) is 2. The molecule has 0 heterocycles. The molecule has 0 amide bonds. The standard InChI is InChI=1S/C16H21NO2.CH5N/c1-2-7-14-10-6-11-16(14,17)15(18)19-12-13-8-4-3-5-9-13;1-2/h2-5,8-9,14H,1,6-7,10-12,17H2;2H2,1H3. The van der Waals surface area contributed by atoms with Crippen LogP contribution in [0, 0.1) is 5.92 Å². The summed E-state index contributed by atoms with van der Waals surface area (Å²) < 4.78 is 5.39. The SMILES string of the molecule is C=CCC1CCCC1(N)C(=O)OCc1ccccc1.CN. The van der Waals surface area contributed by atoms with E-state index in [1.165, 1.54) is 7.05 Å². The van der Waals surface area contributed by atoms with Crippen molar-refractivity contribution < 1.29 is 9.53 Å². The van der Waals surface area contributed by atoms with Crippen molar-refractivity contribution in [1.82, 2.24) is 0 Å². The van der Waals surface area contributed by atoms with Gasteiger partial charge in [0.15, 0.2) is 0 Å². The average molecular weight is 290 g/mol. The summed E-state index contributed by atoms with van der Waals surface area (Å²) in [6.07, 6.45) is 5.27. The number of allylic oxidation sites excluding steroid dienone is 1. The van der Waals surface area contributed by atoms with E-state index in [9.17, 15) is 4.79 Å². The molecule has 0 radical (unpaired) electrons. The summed E-state index contributed by atoms with van der Waals surface area (Å²) >= 11 is 0. The summed E-state index contributed by atoms with van der Waals surface area (Å²) in [5.74, 6) is -0.117. The lowest BCUT2D eigenvalue weighted by atomic mass is 9.86. The Kier molecular flexibility index (Phi) is 7.12. The Balaban J connectivity index is 0.00000106. The summed E-state index contributed by atoms with van der Waals surface area (Å²) in [5, 5.41) is 0. The zero-order valence-electron chi connectivity index (χ0n) is 12.8. The second kappa shape index (κ2) is 8.60. The van der Waals surface area contributed by atoms with Crippen molar-refractivity contribution in [1.29, 1.82) is 0 Å². The lowest BCUT2D eigenvalue weighted by Gasteiger charge is -2.28. The van der Waals surface area contributed by atoms with Crippen molar-refractivity contribution >= 4 is 5.97 Å². The van der Waals surface area contributed by atoms with Crippen LogP contribution in [0.25, 0.3) is 0 Å². The Hall–Kier alpha value is -1.65. The molecule has 0 aliphatic heterocycles. The topological polar surface area (TPSA) is 78.3 Å². The lowest BCUT2D eigenvalue weighted by Crippen LogP contribution is -2.51. The third-order valence-corrected chi connectivity index (χ3v) is 3.92. The second-order valence-electron chi connectivity index (χ2n) is 5.22. The summed E-state index contributed by atoms with van der Waals surface area (Å²) in [6.45, 7) is 4.03. The molecule has 0 bridgehead atoms. The predicted octanol–water partition coefficient (Wildman–Crippen LogP) is 2.38. The maximum Gasteiger partial charge on any atom is 0.326 e. The number of benzene rings is 1. The molecule has 0 saturated heterocycles. The lowest BCUT2D eigenvalue weighted by molar-refractivity contribution is -0.153. The zero-order valence-corrected chi connectivity index (χ0v) is 12.8. The van der Waals surface area contributed by atoms with Gasteiger partial charge in [0.05, 0.1) is 0 Å². The van der Waals surface area contributed by atoms with Gasteiger partial charge in [-0.2, -0.15) is 0 Å². The number of hydrogen-bond acceptors (Lipinski definition) is 4. The smallest absolute Gasteiger partial charge is 0.326 e. The van der Waals surface area contributed by atoms with Crippen LogP contribution >= 0.6 is 0 Å². The fourth-order valence-corrected chi connectivity index (χ4v) is 2.76. The Bertz CT molecular complexity index is 447. The van der Waals surface area contributed by atoms with E-state index >= 15 is 0 Å². The first-order valence-electron chi connectivity index (χ1n) is 7.35. The fraction of sp³-hybridized carbons (Fsp3) is 0.471. The first-order valence-corrected chi connectivity index (χ1v) is 7.35. The molecular formula is C17H26N2O2. The van der Waals surface area contributed by atoms with Gasteiger partial charge in [-0.1, -0.05) is 42.8 Å². The summed E-state index contributed by atoms with van der Waals surface area (Å²) in [7, 11) is 1.50. The molecule has 1 aromatic carbocycles. The van der Waals surface area contributed by atoms with Gasteiger partial charge in [0.2, 0.25) is 0 Å². The minimum absolute atomic E-state index is 0.160. The fourth-order valence-electron chi connectivity index (χ4n) is 2.76. The quantitative estimate of drug-likeness (QED) is 0.644. The monoisotopic (exact) mass is 290 g/mol. The van der Waals surface area contributed by atoms with Crippen molar-refractivity contribution in [3.05, 3.63) is 48.6 Å². The van der Waals surface area contributed by atoms with Crippen molar-refractivity contribution in [2.45, 2.75) is 37.8 Å². The normalized spacial score (nSPS) is 23.9. The van der Waals surface area contributed by atoms with E-state index in [0.29, 0.717) is 13.0 Å². The van der Waals surface area contributed by atoms with E-state index in [0.717, 1.165) is 24.8 Å². The molecular weight excluding hydrogens is 264 g/mol. The number of rotatable bonds is 5. The van der Waals surface area contributed by atoms with Gasteiger partial charge in [0, 0.05) is 0 Å². The molecule has 4 heteroatoms. The second-order valence-corrected chi connectivity index (χ2v) is 5.22. The van der Waals surface area contributed by atoms with E-state index in [-0.39, 0.29) is 11.9 Å². The van der Waals surface area contributed by atoms with Gasteiger partial charge in [-0.3, -0.25) is 4.79 Å².